The second-order valence-corrected chi connectivity index (χ2v) is 6.76. The van der Waals surface area contributed by atoms with Crippen LogP contribution in [0.2, 0.25) is 0 Å². The highest BCUT2D eigenvalue weighted by atomic mass is 16.2. The molecule has 0 aliphatic rings. The molecule has 4 aromatic rings. The van der Waals surface area contributed by atoms with Crippen molar-refractivity contribution in [3.05, 3.63) is 83.8 Å². The number of carbonyl (C=O) groups excluding carboxylic acids is 1. The molecule has 0 saturated heterocycles. The maximum absolute atomic E-state index is 13.0. The Bertz CT molecular complexity index is 1130. The number of anilines is 1. The fourth-order valence-corrected chi connectivity index (χ4v) is 3.11. The van der Waals surface area contributed by atoms with Crippen LogP contribution in [0.1, 0.15) is 21.5 Å². The number of aromatic nitrogens is 3. The van der Waals surface area contributed by atoms with E-state index in [1.165, 1.54) is 0 Å². The molecule has 4 rings (SSSR count). The number of carbonyl (C=O) groups is 1. The number of hydrogen-bond donors (Lipinski definition) is 1. The molecule has 140 valence electrons. The average molecular weight is 371 g/mol. The van der Waals surface area contributed by atoms with Gasteiger partial charge in [0.2, 0.25) is 0 Å². The standard InChI is InChI=1S/C22H21N5O/c1-15-3-8-21(24-13-15)26(2)22(28)18-9-10-27-20(11-18)19(14-25-27)17-6-4-16(12-23)5-7-17/h3-11,13-14H,12,23H2,1-2H3. The predicted molar refractivity (Wildman–Crippen MR) is 110 cm³/mol. The Labute approximate surface area is 163 Å². The van der Waals surface area contributed by atoms with E-state index in [9.17, 15) is 4.79 Å². The van der Waals surface area contributed by atoms with Crippen LogP contribution >= 0.6 is 0 Å². The summed E-state index contributed by atoms with van der Waals surface area (Å²) in [5, 5.41) is 4.41. The first-order valence-electron chi connectivity index (χ1n) is 9.04. The lowest BCUT2D eigenvalue weighted by Gasteiger charge is -2.16. The molecule has 2 N–H and O–H groups in total. The highest BCUT2D eigenvalue weighted by Gasteiger charge is 2.16. The molecule has 3 aromatic heterocycles. The van der Waals surface area contributed by atoms with Gasteiger partial charge < -0.3 is 5.73 Å². The van der Waals surface area contributed by atoms with E-state index >= 15 is 0 Å². The average Bonchev–Trinajstić information content (AvgIpc) is 3.16. The van der Waals surface area contributed by atoms with E-state index in [0.717, 1.165) is 27.8 Å². The van der Waals surface area contributed by atoms with Crippen LogP contribution < -0.4 is 10.6 Å². The smallest absolute Gasteiger partial charge is 0.259 e. The lowest BCUT2D eigenvalue weighted by atomic mass is 10.0. The van der Waals surface area contributed by atoms with Crippen molar-refractivity contribution >= 4 is 17.2 Å². The lowest BCUT2D eigenvalue weighted by molar-refractivity contribution is 0.0992. The van der Waals surface area contributed by atoms with Crippen molar-refractivity contribution in [2.45, 2.75) is 13.5 Å². The maximum Gasteiger partial charge on any atom is 0.259 e. The van der Waals surface area contributed by atoms with Gasteiger partial charge in [0.1, 0.15) is 5.82 Å². The van der Waals surface area contributed by atoms with E-state index < -0.39 is 0 Å². The minimum Gasteiger partial charge on any atom is -0.326 e. The van der Waals surface area contributed by atoms with Gasteiger partial charge in [0.05, 0.1) is 11.7 Å². The summed E-state index contributed by atoms with van der Waals surface area (Å²) < 4.78 is 1.77. The Kier molecular flexibility index (Phi) is 4.63. The number of nitrogens with zero attached hydrogens (tertiary/aromatic N) is 4. The summed E-state index contributed by atoms with van der Waals surface area (Å²) in [6.45, 7) is 2.47. The van der Waals surface area contributed by atoms with Crippen LogP contribution in [0.25, 0.3) is 16.6 Å². The van der Waals surface area contributed by atoms with Gasteiger partial charge in [-0.2, -0.15) is 5.10 Å². The Morgan fingerprint density at radius 3 is 2.57 bits per heavy atom. The van der Waals surface area contributed by atoms with Crippen molar-refractivity contribution in [3.8, 4) is 11.1 Å². The Hall–Kier alpha value is -3.51. The fourth-order valence-electron chi connectivity index (χ4n) is 3.11. The number of pyridine rings is 2. The number of aryl methyl sites for hydroxylation is 1. The van der Waals surface area contributed by atoms with Crippen molar-refractivity contribution in [3.63, 3.8) is 0 Å². The van der Waals surface area contributed by atoms with E-state index in [1.807, 2.05) is 55.6 Å². The van der Waals surface area contributed by atoms with E-state index in [2.05, 4.69) is 10.1 Å². The summed E-state index contributed by atoms with van der Waals surface area (Å²) in [5.41, 5.74) is 11.3. The summed E-state index contributed by atoms with van der Waals surface area (Å²) in [7, 11) is 1.73. The zero-order valence-electron chi connectivity index (χ0n) is 15.8. The number of hydrogen-bond acceptors (Lipinski definition) is 4. The fraction of sp³-hybridized carbons (Fsp3) is 0.136. The molecular weight excluding hydrogens is 350 g/mol. The molecule has 0 aliphatic heterocycles. The van der Waals surface area contributed by atoms with Gasteiger partial charge in [-0.25, -0.2) is 9.50 Å². The molecule has 0 saturated carbocycles. The molecule has 0 unspecified atom stereocenters. The summed E-state index contributed by atoms with van der Waals surface area (Å²) in [4.78, 5) is 18.9. The van der Waals surface area contributed by atoms with E-state index in [-0.39, 0.29) is 5.91 Å². The molecule has 0 spiro atoms. The molecule has 0 radical (unpaired) electrons. The predicted octanol–water partition coefficient (Wildman–Crippen LogP) is 3.44. The van der Waals surface area contributed by atoms with Crippen molar-refractivity contribution in [1.82, 2.24) is 14.6 Å². The molecule has 0 bridgehead atoms. The van der Waals surface area contributed by atoms with Gasteiger partial charge in [0.15, 0.2) is 0 Å². The third-order valence-corrected chi connectivity index (χ3v) is 4.81. The summed E-state index contributed by atoms with van der Waals surface area (Å²) in [6.07, 6.45) is 5.37. The molecule has 6 nitrogen and oxygen atoms in total. The SMILES string of the molecule is Cc1ccc(N(C)C(=O)c2ccn3ncc(-c4ccc(CN)cc4)c3c2)nc1. The maximum atomic E-state index is 13.0. The number of amides is 1. The molecule has 1 aromatic carbocycles. The minimum absolute atomic E-state index is 0.121. The summed E-state index contributed by atoms with van der Waals surface area (Å²) in [5.74, 6) is 0.492. The Morgan fingerprint density at radius 1 is 1.11 bits per heavy atom. The third kappa shape index (κ3) is 3.25. The van der Waals surface area contributed by atoms with Crippen molar-refractivity contribution in [2.24, 2.45) is 5.73 Å². The first-order valence-corrected chi connectivity index (χ1v) is 9.04. The van der Waals surface area contributed by atoms with E-state index in [1.54, 1.807) is 34.9 Å². The van der Waals surface area contributed by atoms with Crippen LogP contribution in [0.5, 0.6) is 0 Å². The number of nitrogens with two attached hydrogens (primary N) is 1. The molecule has 0 atom stereocenters. The molecule has 1 amide bonds. The Morgan fingerprint density at radius 2 is 1.89 bits per heavy atom. The van der Waals surface area contributed by atoms with Crippen LogP contribution in [0.3, 0.4) is 0 Å². The largest absolute Gasteiger partial charge is 0.326 e. The van der Waals surface area contributed by atoms with Crippen LogP contribution in [0.4, 0.5) is 5.82 Å². The first-order chi connectivity index (χ1) is 13.6. The van der Waals surface area contributed by atoms with Gasteiger partial charge in [-0.15, -0.1) is 0 Å². The monoisotopic (exact) mass is 371 g/mol. The number of fused-ring (bicyclic) bond motifs is 1. The minimum atomic E-state index is -0.121. The van der Waals surface area contributed by atoms with Gasteiger partial charge in [-0.3, -0.25) is 9.69 Å². The van der Waals surface area contributed by atoms with E-state index in [0.29, 0.717) is 17.9 Å². The van der Waals surface area contributed by atoms with Crippen LogP contribution in [-0.2, 0) is 6.54 Å². The molecule has 6 heteroatoms. The summed E-state index contributed by atoms with van der Waals surface area (Å²) in [6, 6.07) is 15.5. The zero-order valence-corrected chi connectivity index (χ0v) is 15.8. The number of benzene rings is 1. The van der Waals surface area contributed by atoms with Gasteiger partial charge in [0, 0.05) is 37.1 Å². The lowest BCUT2D eigenvalue weighted by Crippen LogP contribution is -2.27. The quantitative estimate of drug-likeness (QED) is 0.596. The molecule has 0 fully saturated rings. The third-order valence-electron chi connectivity index (χ3n) is 4.81. The first kappa shape index (κ1) is 17.9. The van der Waals surface area contributed by atoms with Gasteiger partial charge in [-0.05, 0) is 41.8 Å². The highest BCUT2D eigenvalue weighted by molar-refractivity contribution is 6.06. The van der Waals surface area contributed by atoms with Crippen LogP contribution in [-0.4, -0.2) is 27.6 Å². The molecule has 28 heavy (non-hydrogen) atoms. The number of rotatable bonds is 4. The molecule has 0 aliphatic carbocycles. The molecular formula is C22H21N5O. The zero-order chi connectivity index (χ0) is 19.7. The van der Waals surface area contributed by atoms with Gasteiger partial charge in [-0.1, -0.05) is 30.3 Å². The topological polar surface area (TPSA) is 76.5 Å². The molecule has 3 heterocycles. The second kappa shape index (κ2) is 7.25. The normalized spacial score (nSPS) is 11.0. The summed E-state index contributed by atoms with van der Waals surface area (Å²) >= 11 is 0. The van der Waals surface area contributed by atoms with Gasteiger partial charge >= 0.3 is 0 Å². The van der Waals surface area contributed by atoms with E-state index in [4.69, 9.17) is 5.73 Å². The second-order valence-electron chi connectivity index (χ2n) is 6.76. The van der Waals surface area contributed by atoms with Crippen LogP contribution in [0, 0.1) is 6.92 Å². The van der Waals surface area contributed by atoms with Crippen LogP contribution in [0.15, 0.2) is 67.1 Å². The van der Waals surface area contributed by atoms with Crippen molar-refractivity contribution in [2.75, 3.05) is 11.9 Å². The highest BCUT2D eigenvalue weighted by Crippen LogP contribution is 2.26. The Balaban J connectivity index is 1.70. The van der Waals surface area contributed by atoms with Crippen molar-refractivity contribution in [1.29, 1.82) is 0 Å². The van der Waals surface area contributed by atoms with Crippen molar-refractivity contribution < 1.29 is 4.79 Å². The van der Waals surface area contributed by atoms with Gasteiger partial charge in [0.25, 0.3) is 5.91 Å².